The molecule has 1 atom stereocenters. The van der Waals surface area contributed by atoms with Crippen LogP contribution in [0.2, 0.25) is 0 Å². The Kier molecular flexibility index (Phi) is 3.39. The SMILES string of the molecule is O=C1C(=Cc2cccc(F)c2)CCCC1Cl. The summed E-state index contributed by atoms with van der Waals surface area (Å²) < 4.78 is 13.0. The fourth-order valence-corrected chi connectivity index (χ4v) is 2.16. The van der Waals surface area contributed by atoms with Gasteiger partial charge in [-0.2, -0.15) is 0 Å². The summed E-state index contributed by atoms with van der Waals surface area (Å²) in [6.07, 6.45) is 4.13. The zero-order valence-corrected chi connectivity index (χ0v) is 9.51. The summed E-state index contributed by atoms with van der Waals surface area (Å²) in [6, 6.07) is 6.21. The quantitative estimate of drug-likeness (QED) is 0.540. The van der Waals surface area contributed by atoms with Crippen molar-refractivity contribution in [3.8, 4) is 0 Å². The van der Waals surface area contributed by atoms with Crippen molar-refractivity contribution in [3.05, 3.63) is 41.2 Å². The van der Waals surface area contributed by atoms with Gasteiger partial charge in [0.25, 0.3) is 0 Å². The van der Waals surface area contributed by atoms with Crippen molar-refractivity contribution in [1.29, 1.82) is 0 Å². The van der Waals surface area contributed by atoms with Crippen LogP contribution >= 0.6 is 11.6 Å². The number of carbonyl (C=O) groups excluding carboxylic acids is 1. The van der Waals surface area contributed by atoms with Crippen LogP contribution in [0.1, 0.15) is 24.8 Å². The normalized spacial score (nSPS) is 23.8. The van der Waals surface area contributed by atoms with E-state index >= 15 is 0 Å². The van der Waals surface area contributed by atoms with Crippen molar-refractivity contribution < 1.29 is 9.18 Å². The minimum Gasteiger partial charge on any atom is -0.293 e. The van der Waals surface area contributed by atoms with Gasteiger partial charge >= 0.3 is 0 Å². The van der Waals surface area contributed by atoms with Crippen LogP contribution in [0, 0.1) is 5.82 Å². The van der Waals surface area contributed by atoms with Gasteiger partial charge in [-0.05, 0) is 48.6 Å². The molecule has 16 heavy (non-hydrogen) atoms. The summed E-state index contributed by atoms with van der Waals surface area (Å²) in [5.74, 6) is -0.308. The lowest BCUT2D eigenvalue weighted by atomic mass is 9.91. The number of Topliss-reactive ketones (excluding diaryl/α,β-unsaturated/α-hetero) is 1. The number of benzene rings is 1. The van der Waals surface area contributed by atoms with Gasteiger partial charge in [0.1, 0.15) is 5.82 Å². The first kappa shape index (κ1) is 11.3. The van der Waals surface area contributed by atoms with E-state index in [-0.39, 0.29) is 11.6 Å². The number of halogens is 2. The molecule has 0 spiro atoms. The van der Waals surface area contributed by atoms with Gasteiger partial charge in [-0.1, -0.05) is 12.1 Å². The molecule has 1 aliphatic carbocycles. The maximum Gasteiger partial charge on any atom is 0.176 e. The van der Waals surface area contributed by atoms with Gasteiger partial charge < -0.3 is 0 Å². The summed E-state index contributed by atoms with van der Waals surface area (Å²) >= 11 is 5.89. The molecule has 1 saturated carbocycles. The van der Waals surface area contributed by atoms with Crippen LogP contribution < -0.4 is 0 Å². The van der Waals surface area contributed by atoms with E-state index in [4.69, 9.17) is 11.6 Å². The molecule has 1 aromatic carbocycles. The number of alkyl halides is 1. The minimum absolute atomic E-state index is 0.0165. The molecule has 84 valence electrons. The maximum atomic E-state index is 13.0. The first-order valence-corrected chi connectivity index (χ1v) is 5.75. The predicted molar refractivity (Wildman–Crippen MR) is 62.9 cm³/mol. The summed E-state index contributed by atoms with van der Waals surface area (Å²) in [4.78, 5) is 11.7. The van der Waals surface area contributed by atoms with Crippen LogP contribution in [0.15, 0.2) is 29.8 Å². The number of hydrogen-bond acceptors (Lipinski definition) is 1. The molecule has 0 N–H and O–H groups in total. The predicted octanol–water partition coefficient (Wildman–Crippen LogP) is 3.57. The molecule has 0 aromatic heterocycles. The Hall–Kier alpha value is -1.15. The zero-order chi connectivity index (χ0) is 11.5. The third-order valence-electron chi connectivity index (χ3n) is 2.69. The zero-order valence-electron chi connectivity index (χ0n) is 8.75. The van der Waals surface area contributed by atoms with Gasteiger partial charge in [0, 0.05) is 0 Å². The molecule has 0 heterocycles. The number of ketones is 1. The molecule has 0 bridgehead atoms. The van der Waals surface area contributed by atoms with E-state index in [2.05, 4.69) is 0 Å². The summed E-state index contributed by atoms with van der Waals surface area (Å²) in [5.41, 5.74) is 1.42. The second-order valence-corrected chi connectivity index (χ2v) is 4.48. The van der Waals surface area contributed by atoms with Gasteiger partial charge in [-0.25, -0.2) is 4.39 Å². The Morgan fingerprint density at radius 2 is 2.25 bits per heavy atom. The third kappa shape index (κ3) is 2.50. The first-order valence-electron chi connectivity index (χ1n) is 5.31. The van der Waals surface area contributed by atoms with E-state index in [1.165, 1.54) is 12.1 Å². The van der Waals surface area contributed by atoms with Gasteiger partial charge in [-0.15, -0.1) is 11.6 Å². The highest BCUT2D eigenvalue weighted by Crippen LogP contribution is 2.25. The van der Waals surface area contributed by atoms with E-state index in [1.54, 1.807) is 18.2 Å². The monoisotopic (exact) mass is 238 g/mol. The lowest BCUT2D eigenvalue weighted by molar-refractivity contribution is -0.116. The lowest BCUT2D eigenvalue weighted by Gasteiger charge is -2.17. The van der Waals surface area contributed by atoms with Gasteiger partial charge in [0.2, 0.25) is 0 Å². The van der Waals surface area contributed by atoms with Gasteiger partial charge in [0.05, 0.1) is 5.38 Å². The topological polar surface area (TPSA) is 17.1 Å². The molecule has 1 nitrogen and oxygen atoms in total. The molecule has 0 amide bonds. The Morgan fingerprint density at radius 3 is 3.00 bits per heavy atom. The average Bonchev–Trinajstić information content (AvgIpc) is 2.25. The van der Waals surface area contributed by atoms with Crippen molar-refractivity contribution in [2.45, 2.75) is 24.6 Å². The molecular formula is C13H12ClFO. The molecule has 1 aliphatic rings. The average molecular weight is 239 g/mol. The largest absolute Gasteiger partial charge is 0.293 e. The van der Waals surface area contributed by atoms with Crippen molar-refractivity contribution in [2.24, 2.45) is 0 Å². The molecule has 0 aliphatic heterocycles. The van der Waals surface area contributed by atoms with Crippen molar-refractivity contribution >= 4 is 23.5 Å². The van der Waals surface area contributed by atoms with E-state index < -0.39 is 5.38 Å². The van der Waals surface area contributed by atoms with Crippen LogP contribution in [0.5, 0.6) is 0 Å². The molecular weight excluding hydrogens is 227 g/mol. The number of allylic oxidation sites excluding steroid dienone is 1. The fourth-order valence-electron chi connectivity index (χ4n) is 1.87. The number of rotatable bonds is 1. The highest BCUT2D eigenvalue weighted by atomic mass is 35.5. The molecule has 1 unspecified atom stereocenters. The molecule has 2 rings (SSSR count). The first-order chi connectivity index (χ1) is 7.66. The molecule has 1 aromatic rings. The minimum atomic E-state index is -0.409. The highest BCUT2D eigenvalue weighted by Gasteiger charge is 2.24. The van der Waals surface area contributed by atoms with Gasteiger partial charge in [-0.3, -0.25) is 4.79 Å². The fraction of sp³-hybridized carbons (Fsp3) is 0.308. The van der Waals surface area contributed by atoms with Crippen LogP contribution in [0.25, 0.3) is 6.08 Å². The lowest BCUT2D eigenvalue weighted by Crippen LogP contribution is -2.21. The van der Waals surface area contributed by atoms with Crippen LogP contribution in [0.3, 0.4) is 0 Å². The second-order valence-electron chi connectivity index (χ2n) is 3.95. The Labute approximate surface area is 98.9 Å². The van der Waals surface area contributed by atoms with E-state index in [0.717, 1.165) is 19.3 Å². The van der Waals surface area contributed by atoms with Crippen LogP contribution in [-0.2, 0) is 4.79 Å². The second kappa shape index (κ2) is 4.79. The van der Waals surface area contributed by atoms with Gasteiger partial charge in [0.15, 0.2) is 5.78 Å². The Morgan fingerprint density at radius 1 is 1.44 bits per heavy atom. The van der Waals surface area contributed by atoms with Crippen molar-refractivity contribution in [3.63, 3.8) is 0 Å². The molecule has 0 radical (unpaired) electrons. The molecule has 1 fully saturated rings. The maximum absolute atomic E-state index is 13.0. The third-order valence-corrected chi connectivity index (χ3v) is 3.11. The molecule has 3 heteroatoms. The number of hydrogen-bond donors (Lipinski definition) is 0. The van der Waals surface area contributed by atoms with E-state index in [9.17, 15) is 9.18 Å². The van der Waals surface area contributed by atoms with Crippen molar-refractivity contribution in [1.82, 2.24) is 0 Å². The summed E-state index contributed by atoms with van der Waals surface area (Å²) in [7, 11) is 0. The van der Waals surface area contributed by atoms with Crippen LogP contribution in [-0.4, -0.2) is 11.2 Å². The van der Waals surface area contributed by atoms with Crippen LogP contribution in [0.4, 0.5) is 4.39 Å². The smallest absolute Gasteiger partial charge is 0.176 e. The number of carbonyl (C=O) groups is 1. The van der Waals surface area contributed by atoms with Crippen molar-refractivity contribution in [2.75, 3.05) is 0 Å². The summed E-state index contributed by atoms with van der Waals surface area (Å²) in [6.45, 7) is 0. The van der Waals surface area contributed by atoms with E-state index in [1.807, 2.05) is 0 Å². The molecule has 0 saturated heterocycles. The standard InChI is InChI=1S/C13H12ClFO/c14-12-6-2-4-10(13(12)16)7-9-3-1-5-11(15)8-9/h1,3,5,7-8,12H,2,4,6H2. The highest BCUT2D eigenvalue weighted by molar-refractivity contribution is 6.34. The van der Waals surface area contributed by atoms with E-state index in [0.29, 0.717) is 11.1 Å². The summed E-state index contributed by atoms with van der Waals surface area (Å²) in [5, 5.41) is -0.409. The Bertz CT molecular complexity index is 439. The Balaban J connectivity index is 2.26.